The van der Waals surface area contributed by atoms with Gasteiger partial charge in [0, 0.05) is 18.1 Å². The quantitative estimate of drug-likeness (QED) is 0.810. The monoisotopic (exact) mass is 230 g/mol. The molecule has 17 heavy (non-hydrogen) atoms. The van der Waals surface area contributed by atoms with E-state index in [1.807, 2.05) is 25.3 Å². The molecule has 0 N–H and O–H groups in total. The summed E-state index contributed by atoms with van der Waals surface area (Å²) in [6.07, 6.45) is 5.15. The van der Waals surface area contributed by atoms with Gasteiger partial charge in [-0.3, -0.25) is 9.97 Å². The summed E-state index contributed by atoms with van der Waals surface area (Å²) in [7, 11) is 0. The van der Waals surface area contributed by atoms with Gasteiger partial charge in [-0.2, -0.15) is 0 Å². The van der Waals surface area contributed by atoms with E-state index in [-0.39, 0.29) is 5.82 Å². The van der Waals surface area contributed by atoms with Crippen LogP contribution in [0.1, 0.15) is 22.5 Å². The zero-order valence-corrected chi connectivity index (χ0v) is 10.1. The molecule has 0 aliphatic carbocycles. The third kappa shape index (κ3) is 3.09. The van der Waals surface area contributed by atoms with E-state index in [4.69, 9.17) is 0 Å². The van der Waals surface area contributed by atoms with Gasteiger partial charge < -0.3 is 0 Å². The Morgan fingerprint density at radius 1 is 1.06 bits per heavy atom. The van der Waals surface area contributed by atoms with Gasteiger partial charge in [-0.15, -0.1) is 0 Å². The minimum Gasteiger partial charge on any atom is -0.261 e. The molecule has 88 valence electrons. The van der Waals surface area contributed by atoms with E-state index >= 15 is 0 Å². The van der Waals surface area contributed by atoms with Gasteiger partial charge in [-0.05, 0) is 49.9 Å². The molecule has 0 spiro atoms. The topological polar surface area (TPSA) is 25.8 Å². The molecule has 2 aromatic heterocycles. The molecule has 2 aromatic rings. The Bertz CT molecular complexity index is 506. The standard InChI is InChI=1S/C14H15FN2/c1-10-3-5-13(17-8-10)6-4-12-7-14(15)11(2)16-9-12/h3,5,7-9H,4,6H2,1-2H3. The minimum atomic E-state index is -0.237. The first kappa shape index (κ1) is 11.7. The highest BCUT2D eigenvalue weighted by Gasteiger charge is 2.02. The van der Waals surface area contributed by atoms with Crippen molar-refractivity contribution in [2.45, 2.75) is 26.7 Å². The van der Waals surface area contributed by atoms with E-state index in [0.29, 0.717) is 5.69 Å². The second-order valence-electron chi connectivity index (χ2n) is 4.24. The van der Waals surface area contributed by atoms with Crippen molar-refractivity contribution in [2.24, 2.45) is 0 Å². The highest BCUT2D eigenvalue weighted by molar-refractivity contribution is 5.18. The Hall–Kier alpha value is -1.77. The zero-order valence-electron chi connectivity index (χ0n) is 10.1. The van der Waals surface area contributed by atoms with E-state index in [9.17, 15) is 4.39 Å². The second-order valence-corrected chi connectivity index (χ2v) is 4.24. The number of aryl methyl sites for hydroxylation is 4. The number of hydrogen-bond acceptors (Lipinski definition) is 2. The molecule has 0 aliphatic heterocycles. The summed E-state index contributed by atoms with van der Waals surface area (Å²) in [5, 5.41) is 0. The van der Waals surface area contributed by atoms with Crippen LogP contribution in [0, 0.1) is 19.7 Å². The molecule has 0 atom stereocenters. The van der Waals surface area contributed by atoms with Crippen molar-refractivity contribution < 1.29 is 4.39 Å². The fraction of sp³-hybridized carbons (Fsp3) is 0.286. The molecule has 0 amide bonds. The molecular weight excluding hydrogens is 215 g/mol. The molecule has 0 saturated carbocycles. The van der Waals surface area contributed by atoms with Gasteiger partial charge in [-0.25, -0.2) is 4.39 Å². The number of pyridine rings is 2. The molecule has 0 bridgehead atoms. The molecule has 0 saturated heterocycles. The number of aromatic nitrogens is 2. The Labute approximate surface area is 101 Å². The third-order valence-corrected chi connectivity index (χ3v) is 2.72. The van der Waals surface area contributed by atoms with E-state index < -0.39 is 0 Å². The summed E-state index contributed by atoms with van der Waals surface area (Å²) in [6, 6.07) is 5.60. The lowest BCUT2D eigenvalue weighted by Gasteiger charge is -2.03. The van der Waals surface area contributed by atoms with Crippen LogP contribution in [0.25, 0.3) is 0 Å². The number of halogens is 1. The smallest absolute Gasteiger partial charge is 0.144 e. The summed E-state index contributed by atoms with van der Waals surface area (Å²) in [6.45, 7) is 3.68. The Morgan fingerprint density at radius 3 is 2.53 bits per heavy atom. The molecule has 0 radical (unpaired) electrons. The van der Waals surface area contributed by atoms with Crippen LogP contribution >= 0.6 is 0 Å². The van der Waals surface area contributed by atoms with Crippen LogP contribution in [0.15, 0.2) is 30.6 Å². The van der Waals surface area contributed by atoms with Crippen LogP contribution in [0.5, 0.6) is 0 Å². The zero-order chi connectivity index (χ0) is 12.3. The van der Waals surface area contributed by atoms with Crippen LogP contribution in [0.3, 0.4) is 0 Å². The van der Waals surface area contributed by atoms with Crippen LogP contribution in [-0.4, -0.2) is 9.97 Å². The van der Waals surface area contributed by atoms with Gasteiger partial charge in [0.1, 0.15) is 5.82 Å². The van der Waals surface area contributed by atoms with Crippen LogP contribution in [0.4, 0.5) is 4.39 Å². The molecule has 0 aromatic carbocycles. The van der Waals surface area contributed by atoms with Gasteiger partial charge >= 0.3 is 0 Å². The van der Waals surface area contributed by atoms with Crippen LogP contribution in [0.2, 0.25) is 0 Å². The van der Waals surface area contributed by atoms with Gasteiger partial charge in [0.2, 0.25) is 0 Å². The Kier molecular flexibility index (Phi) is 3.47. The van der Waals surface area contributed by atoms with E-state index in [2.05, 4.69) is 9.97 Å². The maximum Gasteiger partial charge on any atom is 0.144 e. The van der Waals surface area contributed by atoms with E-state index in [1.54, 1.807) is 19.2 Å². The van der Waals surface area contributed by atoms with Gasteiger partial charge in [0.15, 0.2) is 0 Å². The molecule has 0 unspecified atom stereocenters. The maximum atomic E-state index is 13.3. The number of rotatable bonds is 3. The van der Waals surface area contributed by atoms with Crippen molar-refractivity contribution >= 4 is 0 Å². The van der Waals surface area contributed by atoms with Crippen molar-refractivity contribution in [2.75, 3.05) is 0 Å². The fourth-order valence-corrected chi connectivity index (χ4v) is 1.60. The SMILES string of the molecule is Cc1ccc(CCc2cnc(C)c(F)c2)nc1. The van der Waals surface area contributed by atoms with Crippen LogP contribution < -0.4 is 0 Å². The summed E-state index contributed by atoms with van der Waals surface area (Å²) < 4.78 is 13.3. The Balaban J connectivity index is 2.02. The third-order valence-electron chi connectivity index (χ3n) is 2.72. The molecule has 3 heteroatoms. The number of hydrogen-bond donors (Lipinski definition) is 0. The second kappa shape index (κ2) is 5.04. The van der Waals surface area contributed by atoms with Crippen molar-refractivity contribution in [3.8, 4) is 0 Å². The molecule has 2 heterocycles. The first-order chi connectivity index (χ1) is 8.15. The molecule has 0 aliphatic rings. The summed E-state index contributed by atoms with van der Waals surface area (Å²) in [5.74, 6) is -0.237. The highest BCUT2D eigenvalue weighted by atomic mass is 19.1. The summed E-state index contributed by atoms with van der Waals surface area (Å²) in [4.78, 5) is 8.33. The normalized spacial score (nSPS) is 10.5. The molecule has 2 nitrogen and oxygen atoms in total. The molecule has 0 fully saturated rings. The van der Waals surface area contributed by atoms with Crippen molar-refractivity contribution in [3.05, 3.63) is 58.9 Å². The Morgan fingerprint density at radius 2 is 1.88 bits per heavy atom. The molecular formula is C14H15FN2. The summed E-state index contributed by atoms with van der Waals surface area (Å²) >= 11 is 0. The van der Waals surface area contributed by atoms with Crippen molar-refractivity contribution in [1.29, 1.82) is 0 Å². The van der Waals surface area contributed by atoms with Gasteiger partial charge in [0.25, 0.3) is 0 Å². The predicted molar refractivity (Wildman–Crippen MR) is 65.3 cm³/mol. The predicted octanol–water partition coefficient (Wildman–Crippen LogP) is 3.02. The first-order valence-electron chi connectivity index (χ1n) is 5.68. The average molecular weight is 230 g/mol. The lowest BCUT2D eigenvalue weighted by Crippen LogP contribution is -1.97. The van der Waals surface area contributed by atoms with Crippen molar-refractivity contribution in [3.63, 3.8) is 0 Å². The maximum absolute atomic E-state index is 13.3. The largest absolute Gasteiger partial charge is 0.261 e. The van der Waals surface area contributed by atoms with E-state index in [1.165, 1.54) is 0 Å². The van der Waals surface area contributed by atoms with E-state index in [0.717, 1.165) is 29.7 Å². The van der Waals surface area contributed by atoms with Gasteiger partial charge in [0.05, 0.1) is 5.69 Å². The average Bonchev–Trinajstić information content (AvgIpc) is 2.33. The van der Waals surface area contributed by atoms with Crippen LogP contribution in [-0.2, 0) is 12.8 Å². The minimum absolute atomic E-state index is 0.237. The number of nitrogens with zero attached hydrogens (tertiary/aromatic N) is 2. The summed E-state index contributed by atoms with van der Waals surface area (Å²) in [5.41, 5.74) is 3.53. The fourth-order valence-electron chi connectivity index (χ4n) is 1.60. The first-order valence-corrected chi connectivity index (χ1v) is 5.68. The highest BCUT2D eigenvalue weighted by Crippen LogP contribution is 2.09. The lowest BCUT2D eigenvalue weighted by atomic mass is 10.1. The van der Waals surface area contributed by atoms with Gasteiger partial charge in [-0.1, -0.05) is 6.07 Å². The van der Waals surface area contributed by atoms with Crippen molar-refractivity contribution in [1.82, 2.24) is 9.97 Å². The lowest BCUT2D eigenvalue weighted by molar-refractivity contribution is 0.606. The molecule has 2 rings (SSSR count).